The zero-order chi connectivity index (χ0) is 22.5. The Hall–Kier alpha value is -3.91. The number of hydrogen-bond donors (Lipinski definition) is 1. The lowest BCUT2D eigenvalue weighted by Gasteiger charge is -2.12. The average molecular weight is 450 g/mol. The number of aromatic nitrogens is 4. The summed E-state index contributed by atoms with van der Waals surface area (Å²) >= 11 is 6.25. The molecule has 32 heavy (non-hydrogen) atoms. The lowest BCUT2D eigenvalue weighted by atomic mass is 10.2. The van der Waals surface area contributed by atoms with Crippen molar-refractivity contribution in [2.45, 2.75) is 13.5 Å². The molecule has 0 bridgehead atoms. The number of para-hydroxylation sites is 1. The minimum atomic E-state index is -0.456. The lowest BCUT2D eigenvalue weighted by molar-refractivity contribution is 0.101. The molecule has 0 aliphatic rings. The van der Waals surface area contributed by atoms with E-state index in [1.54, 1.807) is 56.8 Å². The number of carbonyl (C=O) groups is 1. The standard InChI is InChI=1S/C23H20ClN5O3/c1-15-26-22(28-29(15)19-8-4-3-7-18(19)24)23(30)27-17-9-10-20(31-2)21(12-17)32-14-16-6-5-11-25-13-16/h3-13H,14H2,1-2H3,(H,27,30). The number of aryl methyl sites for hydroxylation is 1. The third-order valence-corrected chi connectivity index (χ3v) is 4.91. The number of methoxy groups -OCH3 is 1. The van der Waals surface area contributed by atoms with Gasteiger partial charge in [-0.15, -0.1) is 5.10 Å². The van der Waals surface area contributed by atoms with E-state index in [-0.39, 0.29) is 5.82 Å². The Balaban J connectivity index is 1.52. The molecule has 2 heterocycles. The molecule has 0 saturated carbocycles. The van der Waals surface area contributed by atoms with Gasteiger partial charge in [-0.3, -0.25) is 9.78 Å². The van der Waals surface area contributed by atoms with Gasteiger partial charge in [0.15, 0.2) is 11.5 Å². The number of halogens is 1. The molecule has 1 amide bonds. The van der Waals surface area contributed by atoms with Crippen molar-refractivity contribution in [1.29, 1.82) is 0 Å². The number of anilines is 1. The summed E-state index contributed by atoms with van der Waals surface area (Å²) in [7, 11) is 1.55. The molecular weight excluding hydrogens is 430 g/mol. The first-order chi connectivity index (χ1) is 15.5. The zero-order valence-electron chi connectivity index (χ0n) is 17.4. The molecule has 162 valence electrons. The molecule has 0 atom stereocenters. The molecule has 0 spiro atoms. The Morgan fingerprint density at radius 3 is 2.72 bits per heavy atom. The van der Waals surface area contributed by atoms with E-state index in [1.807, 2.05) is 24.3 Å². The van der Waals surface area contributed by atoms with Crippen LogP contribution in [0.5, 0.6) is 11.5 Å². The highest BCUT2D eigenvalue weighted by molar-refractivity contribution is 6.32. The first-order valence-electron chi connectivity index (χ1n) is 9.75. The van der Waals surface area contributed by atoms with Crippen molar-refractivity contribution in [2.24, 2.45) is 0 Å². The number of hydrogen-bond acceptors (Lipinski definition) is 6. The fourth-order valence-corrected chi connectivity index (χ4v) is 3.25. The van der Waals surface area contributed by atoms with Gasteiger partial charge in [-0.1, -0.05) is 29.8 Å². The van der Waals surface area contributed by atoms with Crippen LogP contribution in [-0.4, -0.2) is 32.8 Å². The third-order valence-electron chi connectivity index (χ3n) is 4.59. The summed E-state index contributed by atoms with van der Waals surface area (Å²) in [4.78, 5) is 21.1. The van der Waals surface area contributed by atoms with Gasteiger partial charge >= 0.3 is 0 Å². The summed E-state index contributed by atoms with van der Waals surface area (Å²) in [5.41, 5.74) is 2.08. The average Bonchev–Trinajstić information content (AvgIpc) is 3.20. The van der Waals surface area contributed by atoms with Crippen molar-refractivity contribution in [2.75, 3.05) is 12.4 Å². The minimum absolute atomic E-state index is 0.0241. The number of nitrogens with zero attached hydrogens (tertiary/aromatic N) is 4. The lowest BCUT2D eigenvalue weighted by Crippen LogP contribution is -2.14. The molecule has 0 aliphatic heterocycles. The summed E-state index contributed by atoms with van der Waals surface area (Å²) in [5.74, 6) is 1.14. The van der Waals surface area contributed by atoms with Gasteiger partial charge in [0, 0.05) is 29.7 Å². The molecule has 0 aliphatic carbocycles. The van der Waals surface area contributed by atoms with Crippen LogP contribution in [0.3, 0.4) is 0 Å². The Labute approximate surface area is 189 Å². The summed E-state index contributed by atoms with van der Waals surface area (Å²) in [5, 5.41) is 7.62. The topological polar surface area (TPSA) is 91.2 Å². The van der Waals surface area contributed by atoms with Crippen LogP contribution in [0.25, 0.3) is 5.69 Å². The van der Waals surface area contributed by atoms with Crippen molar-refractivity contribution in [3.8, 4) is 17.2 Å². The molecule has 0 fully saturated rings. The number of carbonyl (C=O) groups excluding carboxylic acids is 1. The summed E-state index contributed by atoms with van der Waals surface area (Å²) in [6.45, 7) is 2.06. The van der Waals surface area contributed by atoms with Crippen molar-refractivity contribution in [3.05, 3.63) is 89.2 Å². The molecule has 0 saturated heterocycles. The zero-order valence-corrected chi connectivity index (χ0v) is 18.2. The fourth-order valence-electron chi connectivity index (χ4n) is 3.04. The van der Waals surface area contributed by atoms with Gasteiger partial charge in [0.1, 0.15) is 12.4 Å². The monoisotopic (exact) mass is 449 g/mol. The summed E-state index contributed by atoms with van der Waals surface area (Å²) in [6.07, 6.45) is 3.42. The Morgan fingerprint density at radius 1 is 1.12 bits per heavy atom. The number of benzene rings is 2. The molecular formula is C23H20ClN5O3. The molecule has 4 aromatic rings. The highest BCUT2D eigenvalue weighted by Crippen LogP contribution is 2.31. The molecule has 2 aromatic carbocycles. The molecule has 9 heteroatoms. The van der Waals surface area contributed by atoms with Crippen LogP contribution in [0.1, 0.15) is 22.0 Å². The maximum atomic E-state index is 12.8. The van der Waals surface area contributed by atoms with Gasteiger partial charge in [-0.2, -0.15) is 0 Å². The van der Waals surface area contributed by atoms with Gasteiger partial charge < -0.3 is 14.8 Å². The normalized spacial score (nSPS) is 10.6. The van der Waals surface area contributed by atoms with Crippen molar-refractivity contribution < 1.29 is 14.3 Å². The van der Waals surface area contributed by atoms with Crippen LogP contribution in [0.4, 0.5) is 5.69 Å². The Kier molecular flexibility index (Phi) is 6.32. The maximum absolute atomic E-state index is 12.8. The van der Waals surface area contributed by atoms with Gasteiger partial charge in [-0.25, -0.2) is 9.67 Å². The van der Waals surface area contributed by atoms with E-state index in [4.69, 9.17) is 21.1 Å². The maximum Gasteiger partial charge on any atom is 0.295 e. The van der Waals surface area contributed by atoms with Crippen molar-refractivity contribution >= 4 is 23.2 Å². The van der Waals surface area contributed by atoms with Crippen LogP contribution < -0.4 is 14.8 Å². The van der Waals surface area contributed by atoms with E-state index < -0.39 is 5.91 Å². The van der Waals surface area contributed by atoms with Crippen LogP contribution in [0.15, 0.2) is 67.0 Å². The van der Waals surface area contributed by atoms with E-state index >= 15 is 0 Å². The summed E-state index contributed by atoms with van der Waals surface area (Å²) < 4.78 is 12.8. The minimum Gasteiger partial charge on any atom is -0.493 e. The van der Waals surface area contributed by atoms with Gasteiger partial charge in [0.25, 0.3) is 5.91 Å². The number of pyridine rings is 1. The number of rotatable bonds is 7. The Bertz CT molecular complexity index is 1240. The van der Waals surface area contributed by atoms with E-state index in [0.717, 1.165) is 5.56 Å². The molecule has 0 unspecified atom stereocenters. The molecule has 4 rings (SSSR count). The van der Waals surface area contributed by atoms with Crippen molar-refractivity contribution in [1.82, 2.24) is 19.7 Å². The first-order valence-corrected chi connectivity index (χ1v) is 10.1. The smallest absolute Gasteiger partial charge is 0.295 e. The van der Waals surface area contributed by atoms with Crippen LogP contribution in [-0.2, 0) is 6.61 Å². The fraction of sp³-hybridized carbons (Fsp3) is 0.130. The van der Waals surface area contributed by atoms with E-state index in [9.17, 15) is 4.79 Å². The highest BCUT2D eigenvalue weighted by atomic mass is 35.5. The largest absolute Gasteiger partial charge is 0.493 e. The Morgan fingerprint density at radius 2 is 1.97 bits per heavy atom. The number of ether oxygens (including phenoxy) is 2. The van der Waals surface area contributed by atoms with Gasteiger partial charge in [-0.05, 0) is 37.3 Å². The third kappa shape index (κ3) is 4.70. The predicted octanol–water partition coefficient (Wildman–Crippen LogP) is 4.46. The van der Waals surface area contributed by atoms with Gasteiger partial charge in [0.2, 0.25) is 5.82 Å². The molecule has 0 radical (unpaired) electrons. The quantitative estimate of drug-likeness (QED) is 0.447. The van der Waals surface area contributed by atoms with E-state index in [0.29, 0.717) is 40.3 Å². The van der Waals surface area contributed by atoms with Crippen molar-refractivity contribution in [3.63, 3.8) is 0 Å². The SMILES string of the molecule is COc1ccc(NC(=O)c2nc(C)n(-c3ccccc3Cl)n2)cc1OCc1cccnc1. The van der Waals surface area contributed by atoms with Crippen LogP contribution >= 0.6 is 11.6 Å². The van der Waals surface area contributed by atoms with E-state index in [2.05, 4.69) is 20.4 Å². The second-order valence-corrected chi connectivity index (χ2v) is 7.22. The molecule has 8 nitrogen and oxygen atoms in total. The predicted molar refractivity (Wildman–Crippen MR) is 121 cm³/mol. The number of nitrogens with one attached hydrogen (secondary N) is 1. The van der Waals surface area contributed by atoms with E-state index in [1.165, 1.54) is 4.68 Å². The van der Waals surface area contributed by atoms with Crippen LogP contribution in [0.2, 0.25) is 5.02 Å². The van der Waals surface area contributed by atoms with Gasteiger partial charge in [0.05, 0.1) is 17.8 Å². The second-order valence-electron chi connectivity index (χ2n) is 6.82. The number of amides is 1. The second kappa shape index (κ2) is 9.49. The summed E-state index contributed by atoms with van der Waals surface area (Å²) in [6, 6.07) is 16.1. The van der Waals surface area contributed by atoms with Crippen LogP contribution in [0, 0.1) is 6.92 Å². The highest BCUT2D eigenvalue weighted by Gasteiger charge is 2.17. The first kappa shape index (κ1) is 21.3. The molecule has 1 N–H and O–H groups in total. The molecule has 2 aromatic heterocycles.